The number of ether oxygens (including phenoxy) is 1. The van der Waals surface area contributed by atoms with E-state index in [9.17, 15) is 0 Å². The molecule has 0 amide bonds. The Morgan fingerprint density at radius 1 is 0.793 bits per heavy atom. The summed E-state index contributed by atoms with van der Waals surface area (Å²) in [5, 5.41) is 2.15. The number of aromatic nitrogens is 2. The molecule has 0 spiro atoms. The van der Waals surface area contributed by atoms with E-state index in [1.165, 1.54) is 0 Å². The Balaban J connectivity index is 1.77. The van der Waals surface area contributed by atoms with Gasteiger partial charge in [-0.2, -0.15) is 4.98 Å². The standard InChI is InChI=1S/C21H15Cl3N4O/c22-12-3-1-11(2-4-12)10-29-17-8-5-13(23)9-15(17)14-6-7-16-18(19(14)24)20(25)28-21(26)27-16/h1-9H,10H2,(H4,25,26,27,28). The van der Waals surface area contributed by atoms with Gasteiger partial charge in [0.25, 0.3) is 0 Å². The molecule has 0 aliphatic heterocycles. The summed E-state index contributed by atoms with van der Waals surface area (Å²) in [7, 11) is 0. The van der Waals surface area contributed by atoms with E-state index in [0.29, 0.717) is 43.9 Å². The average Bonchev–Trinajstić information content (AvgIpc) is 2.68. The Morgan fingerprint density at radius 2 is 1.52 bits per heavy atom. The number of nitrogen functional groups attached to an aromatic ring is 2. The first kappa shape index (κ1) is 19.6. The molecule has 4 rings (SSSR count). The second-order valence-electron chi connectivity index (χ2n) is 6.34. The molecule has 0 bridgehead atoms. The summed E-state index contributed by atoms with van der Waals surface area (Å²) in [4.78, 5) is 8.20. The van der Waals surface area contributed by atoms with Crippen LogP contribution in [0.5, 0.6) is 5.75 Å². The number of benzene rings is 3. The number of nitrogens with zero attached hydrogens (tertiary/aromatic N) is 2. The molecule has 0 radical (unpaired) electrons. The van der Waals surface area contributed by atoms with E-state index in [0.717, 1.165) is 11.1 Å². The number of rotatable bonds is 4. The molecule has 0 unspecified atom stereocenters. The minimum atomic E-state index is 0.0913. The zero-order chi connectivity index (χ0) is 20.5. The molecule has 0 atom stereocenters. The first-order valence-electron chi connectivity index (χ1n) is 8.61. The maximum atomic E-state index is 6.68. The fraction of sp³-hybridized carbons (Fsp3) is 0.0476. The summed E-state index contributed by atoms with van der Waals surface area (Å²) in [5.41, 5.74) is 14.7. The lowest BCUT2D eigenvalue weighted by Crippen LogP contribution is -2.01. The highest BCUT2D eigenvalue weighted by Crippen LogP contribution is 2.41. The molecule has 0 saturated carbocycles. The lowest BCUT2D eigenvalue weighted by molar-refractivity contribution is 0.307. The zero-order valence-electron chi connectivity index (χ0n) is 15.0. The van der Waals surface area contributed by atoms with Crippen molar-refractivity contribution in [3.05, 3.63) is 75.2 Å². The van der Waals surface area contributed by atoms with Gasteiger partial charge in [0.1, 0.15) is 18.2 Å². The van der Waals surface area contributed by atoms with Crippen LogP contribution in [0.1, 0.15) is 5.56 Å². The van der Waals surface area contributed by atoms with Crippen molar-refractivity contribution >= 4 is 57.5 Å². The molecule has 3 aromatic carbocycles. The quantitative estimate of drug-likeness (QED) is 0.402. The van der Waals surface area contributed by atoms with Crippen LogP contribution < -0.4 is 16.2 Å². The number of halogens is 3. The first-order chi connectivity index (χ1) is 13.9. The lowest BCUT2D eigenvalue weighted by Gasteiger charge is -2.15. The molecule has 4 N–H and O–H groups in total. The first-order valence-corrected chi connectivity index (χ1v) is 9.74. The number of nitrogens with two attached hydrogens (primary N) is 2. The van der Waals surface area contributed by atoms with Crippen LogP contribution >= 0.6 is 34.8 Å². The molecule has 5 nitrogen and oxygen atoms in total. The summed E-state index contributed by atoms with van der Waals surface area (Å²) in [6, 6.07) is 16.4. The number of hydrogen-bond acceptors (Lipinski definition) is 5. The predicted molar refractivity (Wildman–Crippen MR) is 120 cm³/mol. The van der Waals surface area contributed by atoms with Crippen LogP contribution in [0.4, 0.5) is 11.8 Å². The predicted octanol–water partition coefficient (Wildman–Crippen LogP) is 6.00. The van der Waals surface area contributed by atoms with Gasteiger partial charge in [-0.05, 0) is 42.0 Å². The van der Waals surface area contributed by atoms with Gasteiger partial charge in [0.15, 0.2) is 0 Å². The molecule has 4 aromatic rings. The van der Waals surface area contributed by atoms with Gasteiger partial charge in [-0.15, -0.1) is 0 Å². The molecular formula is C21H15Cl3N4O. The third kappa shape index (κ3) is 4.03. The van der Waals surface area contributed by atoms with Gasteiger partial charge < -0.3 is 16.2 Å². The number of anilines is 2. The van der Waals surface area contributed by atoms with Crippen LogP contribution in [0.3, 0.4) is 0 Å². The Morgan fingerprint density at radius 3 is 2.28 bits per heavy atom. The van der Waals surface area contributed by atoms with Crippen molar-refractivity contribution in [3.63, 3.8) is 0 Å². The SMILES string of the molecule is Nc1nc(N)c2c(Cl)c(-c3cc(Cl)ccc3OCc3ccc(Cl)cc3)ccc2n1. The van der Waals surface area contributed by atoms with Gasteiger partial charge in [-0.3, -0.25) is 0 Å². The van der Waals surface area contributed by atoms with Crippen LogP contribution in [0.2, 0.25) is 15.1 Å². The Hall–Kier alpha value is -2.73. The topological polar surface area (TPSA) is 87.0 Å². The molecule has 1 heterocycles. The van der Waals surface area contributed by atoms with Crippen molar-refractivity contribution in [1.29, 1.82) is 0 Å². The van der Waals surface area contributed by atoms with Gasteiger partial charge in [0.05, 0.1) is 15.9 Å². The van der Waals surface area contributed by atoms with Crippen molar-refractivity contribution < 1.29 is 4.74 Å². The third-order valence-corrected chi connectivity index (χ3v) is 5.27. The lowest BCUT2D eigenvalue weighted by atomic mass is 10.0. The van der Waals surface area contributed by atoms with E-state index < -0.39 is 0 Å². The van der Waals surface area contributed by atoms with E-state index in [-0.39, 0.29) is 11.8 Å². The minimum Gasteiger partial charge on any atom is -0.488 e. The van der Waals surface area contributed by atoms with E-state index in [1.54, 1.807) is 24.3 Å². The van der Waals surface area contributed by atoms with Gasteiger partial charge in [0.2, 0.25) is 5.95 Å². The Labute approximate surface area is 182 Å². The van der Waals surface area contributed by atoms with Crippen molar-refractivity contribution in [1.82, 2.24) is 9.97 Å². The molecular weight excluding hydrogens is 431 g/mol. The smallest absolute Gasteiger partial charge is 0.222 e. The highest BCUT2D eigenvalue weighted by Gasteiger charge is 2.16. The molecule has 0 aliphatic rings. The average molecular weight is 446 g/mol. The highest BCUT2D eigenvalue weighted by molar-refractivity contribution is 6.39. The molecule has 8 heteroatoms. The highest BCUT2D eigenvalue weighted by atomic mass is 35.5. The van der Waals surface area contributed by atoms with Gasteiger partial charge in [-0.25, -0.2) is 4.98 Å². The van der Waals surface area contributed by atoms with Crippen LogP contribution in [-0.4, -0.2) is 9.97 Å². The van der Waals surface area contributed by atoms with E-state index in [4.69, 9.17) is 51.0 Å². The van der Waals surface area contributed by atoms with Crippen molar-refractivity contribution in [2.24, 2.45) is 0 Å². The maximum Gasteiger partial charge on any atom is 0.222 e. The molecule has 0 fully saturated rings. The van der Waals surface area contributed by atoms with Gasteiger partial charge >= 0.3 is 0 Å². The summed E-state index contributed by atoms with van der Waals surface area (Å²) in [6.07, 6.45) is 0. The number of hydrogen-bond donors (Lipinski definition) is 2. The molecule has 29 heavy (non-hydrogen) atoms. The summed E-state index contributed by atoms with van der Waals surface area (Å²) in [5.74, 6) is 0.930. The minimum absolute atomic E-state index is 0.0913. The van der Waals surface area contributed by atoms with Crippen LogP contribution in [0, 0.1) is 0 Å². The van der Waals surface area contributed by atoms with Gasteiger partial charge in [-0.1, -0.05) is 53.0 Å². The molecule has 1 aromatic heterocycles. The normalized spacial score (nSPS) is 11.0. The zero-order valence-corrected chi connectivity index (χ0v) is 17.3. The van der Waals surface area contributed by atoms with Crippen molar-refractivity contribution in [2.45, 2.75) is 6.61 Å². The fourth-order valence-corrected chi connectivity index (χ4v) is 3.68. The summed E-state index contributed by atoms with van der Waals surface area (Å²) < 4.78 is 6.05. The molecule has 0 saturated heterocycles. The largest absolute Gasteiger partial charge is 0.488 e. The van der Waals surface area contributed by atoms with Crippen molar-refractivity contribution in [2.75, 3.05) is 11.5 Å². The monoisotopic (exact) mass is 444 g/mol. The fourth-order valence-electron chi connectivity index (χ4n) is 3.02. The van der Waals surface area contributed by atoms with E-state index in [2.05, 4.69) is 9.97 Å². The maximum absolute atomic E-state index is 6.68. The Bertz CT molecular complexity index is 1210. The molecule has 146 valence electrons. The Kier molecular flexibility index (Phi) is 5.37. The second kappa shape index (κ2) is 7.95. The summed E-state index contributed by atoms with van der Waals surface area (Å²) in [6.45, 7) is 0.360. The van der Waals surface area contributed by atoms with Gasteiger partial charge in [0, 0.05) is 21.2 Å². The molecule has 0 aliphatic carbocycles. The van der Waals surface area contributed by atoms with E-state index in [1.807, 2.05) is 30.3 Å². The number of fused-ring (bicyclic) bond motifs is 1. The van der Waals surface area contributed by atoms with E-state index >= 15 is 0 Å². The van der Waals surface area contributed by atoms with Crippen LogP contribution in [-0.2, 0) is 6.61 Å². The second-order valence-corrected chi connectivity index (χ2v) is 7.59. The summed E-state index contributed by atoms with van der Waals surface area (Å²) >= 11 is 18.9. The van der Waals surface area contributed by atoms with Crippen LogP contribution in [0.25, 0.3) is 22.0 Å². The third-order valence-electron chi connectivity index (χ3n) is 4.39. The van der Waals surface area contributed by atoms with Crippen molar-refractivity contribution in [3.8, 4) is 16.9 Å². The van der Waals surface area contributed by atoms with Crippen LogP contribution in [0.15, 0.2) is 54.6 Å².